The first-order valence-electron chi connectivity index (χ1n) is 9.96. The molecule has 1 saturated heterocycles. The molecule has 1 unspecified atom stereocenters. The molecule has 0 aromatic heterocycles. The Morgan fingerprint density at radius 2 is 1.52 bits per heavy atom. The normalized spacial score (nSPS) is 24.2. The molecule has 0 N–H and O–H groups in total. The van der Waals surface area contributed by atoms with Gasteiger partial charge in [-0.15, -0.1) is 0 Å². The van der Waals surface area contributed by atoms with E-state index < -0.39 is 54.4 Å². The number of rotatable bonds is 7. The second-order valence-electron chi connectivity index (χ2n) is 7.28. The van der Waals surface area contributed by atoms with Crippen LogP contribution < -0.4 is 0 Å². The fraction of sp³-hybridized carbons (Fsp3) is 0.500. The highest BCUT2D eigenvalue weighted by Gasteiger charge is 2.52. The lowest BCUT2D eigenvalue weighted by atomic mass is 9.89. The van der Waals surface area contributed by atoms with Gasteiger partial charge in [0.15, 0.2) is 18.3 Å². The summed E-state index contributed by atoms with van der Waals surface area (Å²) in [4.78, 5) is 47.0. The predicted molar refractivity (Wildman–Crippen MR) is 115 cm³/mol. The van der Waals surface area contributed by atoms with Gasteiger partial charge in [-0.25, -0.2) is 0 Å². The van der Waals surface area contributed by atoms with E-state index in [2.05, 4.69) is 22.0 Å². The molecule has 0 amide bonds. The molecule has 0 saturated carbocycles. The molecule has 1 aliphatic rings. The van der Waals surface area contributed by atoms with Crippen molar-refractivity contribution in [3.05, 3.63) is 34.9 Å². The number of nitrogens with zero attached hydrogens (tertiary/aromatic N) is 1. The van der Waals surface area contributed by atoms with Gasteiger partial charge in [0.1, 0.15) is 18.8 Å². The molecule has 33 heavy (non-hydrogen) atoms. The topological polar surface area (TPSA) is 138 Å². The first kappa shape index (κ1) is 26.3. The molecular weight excluding hydrogens is 502 g/mol. The summed E-state index contributed by atoms with van der Waals surface area (Å²) >= 11 is 3.34. The zero-order valence-electron chi connectivity index (χ0n) is 18.5. The first-order valence-corrected chi connectivity index (χ1v) is 11.1. The Balaban J connectivity index is 2.61. The van der Waals surface area contributed by atoms with E-state index in [1.807, 2.05) is 0 Å². The molecule has 11 heteroatoms. The summed E-state index contributed by atoms with van der Waals surface area (Å²) in [6.07, 6.45) is -5.70. The zero-order chi connectivity index (χ0) is 24.7. The number of nitriles is 1. The molecule has 2 rings (SSSR count). The molecule has 5 atom stereocenters. The minimum absolute atomic E-state index is 0.310. The number of hydrogen-bond donors (Lipinski definition) is 0. The molecule has 0 aliphatic carbocycles. The molecule has 1 aromatic carbocycles. The van der Waals surface area contributed by atoms with Crippen LogP contribution in [0.15, 0.2) is 18.2 Å². The summed E-state index contributed by atoms with van der Waals surface area (Å²) in [5.41, 5.74) is 1.60. The number of carbonyl (C=O) groups excluding carboxylic acids is 4. The van der Waals surface area contributed by atoms with E-state index in [0.717, 1.165) is 13.8 Å². The Hall–Kier alpha value is -2.97. The minimum atomic E-state index is -1.25. The van der Waals surface area contributed by atoms with Crippen LogP contribution >= 0.6 is 15.9 Å². The van der Waals surface area contributed by atoms with Crippen molar-refractivity contribution >= 4 is 39.8 Å². The van der Waals surface area contributed by atoms with Crippen LogP contribution in [-0.2, 0) is 48.2 Å². The lowest BCUT2D eigenvalue weighted by Crippen LogP contribution is -2.59. The van der Waals surface area contributed by atoms with Crippen molar-refractivity contribution in [2.45, 2.75) is 63.5 Å². The van der Waals surface area contributed by atoms with Gasteiger partial charge in [-0.1, -0.05) is 28.1 Å². The van der Waals surface area contributed by atoms with E-state index in [1.165, 1.54) is 13.8 Å². The van der Waals surface area contributed by atoms with E-state index in [1.54, 1.807) is 18.2 Å². The third-order valence-corrected chi connectivity index (χ3v) is 5.32. The van der Waals surface area contributed by atoms with Gasteiger partial charge in [-0.05, 0) is 17.2 Å². The molecule has 1 heterocycles. The molecule has 0 radical (unpaired) electrons. The van der Waals surface area contributed by atoms with Crippen molar-refractivity contribution in [3.8, 4) is 6.07 Å². The molecule has 0 spiro atoms. The van der Waals surface area contributed by atoms with Crippen molar-refractivity contribution < 1.29 is 42.9 Å². The molecule has 1 aromatic rings. The van der Waals surface area contributed by atoms with E-state index in [-0.39, 0.29) is 6.61 Å². The van der Waals surface area contributed by atoms with Crippen LogP contribution in [0, 0.1) is 11.3 Å². The maximum absolute atomic E-state index is 11.9. The molecule has 10 nitrogen and oxygen atoms in total. The summed E-state index contributed by atoms with van der Waals surface area (Å²) in [7, 11) is 0. The van der Waals surface area contributed by atoms with Gasteiger partial charge in [0, 0.05) is 33.0 Å². The number of alkyl halides is 1. The van der Waals surface area contributed by atoms with Gasteiger partial charge in [0.2, 0.25) is 0 Å². The number of benzene rings is 1. The van der Waals surface area contributed by atoms with Gasteiger partial charge in [-0.3, -0.25) is 19.2 Å². The van der Waals surface area contributed by atoms with Crippen molar-refractivity contribution in [1.82, 2.24) is 0 Å². The van der Waals surface area contributed by atoms with E-state index in [4.69, 9.17) is 23.7 Å². The lowest BCUT2D eigenvalue weighted by Gasteiger charge is -2.44. The average Bonchev–Trinajstić information content (AvgIpc) is 2.73. The third-order valence-electron chi connectivity index (χ3n) is 4.71. The molecule has 1 aliphatic heterocycles. The van der Waals surface area contributed by atoms with Gasteiger partial charge < -0.3 is 23.7 Å². The van der Waals surface area contributed by atoms with Crippen LogP contribution in [0.2, 0.25) is 0 Å². The third kappa shape index (κ3) is 7.00. The number of ether oxygens (including phenoxy) is 5. The minimum Gasteiger partial charge on any atom is -0.463 e. The largest absolute Gasteiger partial charge is 0.463 e. The highest BCUT2D eigenvalue weighted by atomic mass is 79.9. The van der Waals surface area contributed by atoms with Crippen LogP contribution in [0.4, 0.5) is 0 Å². The van der Waals surface area contributed by atoms with Crippen molar-refractivity contribution in [2.24, 2.45) is 0 Å². The standard InChI is InChI=1S/C22H24BrNO9/c1-11(25)29-10-18-20(30-12(2)26)22(32-14(4)28)21(31-13(3)27)19(33-18)15-5-6-16(9-24)17(7-15)8-23/h5-7,18-22H,8,10H2,1-4H3/t18?,19-,20+,21-,22-/m0/s1. The van der Waals surface area contributed by atoms with Crippen molar-refractivity contribution in [1.29, 1.82) is 5.26 Å². The summed E-state index contributed by atoms with van der Waals surface area (Å²) < 4.78 is 27.4. The molecule has 1 fully saturated rings. The highest BCUT2D eigenvalue weighted by Crippen LogP contribution is 2.38. The van der Waals surface area contributed by atoms with Gasteiger partial charge in [0.25, 0.3) is 0 Å². The van der Waals surface area contributed by atoms with Gasteiger partial charge >= 0.3 is 23.9 Å². The number of halogens is 1. The fourth-order valence-electron chi connectivity index (χ4n) is 3.51. The van der Waals surface area contributed by atoms with Crippen LogP contribution in [0.1, 0.15) is 50.5 Å². The van der Waals surface area contributed by atoms with E-state index >= 15 is 0 Å². The van der Waals surface area contributed by atoms with Crippen molar-refractivity contribution in [3.63, 3.8) is 0 Å². The Bertz CT molecular complexity index is 958. The van der Waals surface area contributed by atoms with Gasteiger partial charge in [0.05, 0.1) is 11.6 Å². The fourth-order valence-corrected chi connectivity index (χ4v) is 3.97. The Morgan fingerprint density at radius 1 is 0.939 bits per heavy atom. The number of carbonyl (C=O) groups is 4. The molecule has 0 bridgehead atoms. The van der Waals surface area contributed by atoms with Crippen LogP contribution in [0.3, 0.4) is 0 Å². The Labute approximate surface area is 199 Å². The maximum Gasteiger partial charge on any atom is 0.303 e. The van der Waals surface area contributed by atoms with E-state index in [9.17, 15) is 24.4 Å². The summed E-state index contributed by atoms with van der Waals surface area (Å²) in [5.74, 6) is -2.68. The van der Waals surface area contributed by atoms with Crippen molar-refractivity contribution in [2.75, 3.05) is 6.61 Å². The van der Waals surface area contributed by atoms with Gasteiger partial charge in [-0.2, -0.15) is 5.26 Å². The Morgan fingerprint density at radius 3 is 2.03 bits per heavy atom. The molecular formula is C22H24BrNO9. The summed E-state index contributed by atoms with van der Waals surface area (Å²) in [6, 6.07) is 6.97. The number of hydrogen-bond acceptors (Lipinski definition) is 10. The van der Waals surface area contributed by atoms with Crippen LogP contribution in [0.5, 0.6) is 0 Å². The van der Waals surface area contributed by atoms with Crippen LogP contribution in [0.25, 0.3) is 0 Å². The average molecular weight is 526 g/mol. The summed E-state index contributed by atoms with van der Waals surface area (Å²) in [5, 5.41) is 9.69. The smallest absolute Gasteiger partial charge is 0.303 e. The number of esters is 4. The SMILES string of the molecule is CC(=O)OCC1O[C@@H](c2ccc(C#N)c(CBr)c2)[C@H](OC(C)=O)[C@@H](OC(C)=O)[C@@H]1OC(C)=O. The maximum atomic E-state index is 11.9. The zero-order valence-corrected chi connectivity index (χ0v) is 20.1. The Kier molecular flexibility index (Phi) is 9.37. The van der Waals surface area contributed by atoms with Crippen LogP contribution in [-0.4, -0.2) is 54.9 Å². The van der Waals surface area contributed by atoms with E-state index in [0.29, 0.717) is 22.0 Å². The summed E-state index contributed by atoms with van der Waals surface area (Å²) in [6.45, 7) is 4.39. The highest BCUT2D eigenvalue weighted by molar-refractivity contribution is 9.08. The second kappa shape index (κ2) is 11.8. The molecule has 178 valence electrons. The first-order chi connectivity index (χ1) is 15.6. The lowest BCUT2D eigenvalue weighted by molar-refractivity contribution is -0.254. The quantitative estimate of drug-likeness (QED) is 0.295. The predicted octanol–water partition coefficient (Wildman–Crippen LogP) is 2.25. The monoisotopic (exact) mass is 525 g/mol. The second-order valence-corrected chi connectivity index (χ2v) is 7.84.